The third-order valence-corrected chi connectivity index (χ3v) is 6.35. The smallest absolute Gasteiger partial charge is 0.243 e. The van der Waals surface area contributed by atoms with Crippen LogP contribution in [0.5, 0.6) is 0 Å². The number of hydrogen-bond donors (Lipinski definition) is 1. The van der Waals surface area contributed by atoms with Gasteiger partial charge in [-0.25, -0.2) is 8.42 Å². The largest absolute Gasteiger partial charge is 0.326 e. The molecule has 1 saturated heterocycles. The predicted octanol–water partition coefficient (Wildman–Crippen LogP) is 2.41. The van der Waals surface area contributed by atoms with Gasteiger partial charge in [-0.15, -0.1) is 0 Å². The first-order chi connectivity index (χ1) is 9.37. The van der Waals surface area contributed by atoms with E-state index in [1.165, 1.54) is 0 Å². The van der Waals surface area contributed by atoms with E-state index >= 15 is 0 Å². The molecule has 0 bridgehead atoms. The topological polar surface area (TPSA) is 63.4 Å². The zero-order valence-electron chi connectivity index (χ0n) is 12.5. The van der Waals surface area contributed by atoms with Crippen molar-refractivity contribution in [1.82, 2.24) is 4.31 Å². The SMILES string of the molecule is Cc1ccc(S(=O)(=O)N2[C@H](C)CCC[C@@H]2C)cc1CN. The van der Waals surface area contributed by atoms with Crippen molar-refractivity contribution in [2.24, 2.45) is 5.73 Å². The van der Waals surface area contributed by atoms with Crippen LogP contribution in [-0.2, 0) is 16.6 Å². The molecule has 1 aromatic carbocycles. The lowest BCUT2D eigenvalue weighted by Crippen LogP contribution is -2.47. The number of rotatable bonds is 3. The molecule has 20 heavy (non-hydrogen) atoms. The molecular weight excluding hydrogens is 272 g/mol. The van der Waals surface area contributed by atoms with Crippen molar-refractivity contribution in [3.8, 4) is 0 Å². The fourth-order valence-corrected chi connectivity index (χ4v) is 4.95. The van der Waals surface area contributed by atoms with E-state index in [9.17, 15) is 8.42 Å². The van der Waals surface area contributed by atoms with Crippen LogP contribution in [0.25, 0.3) is 0 Å². The van der Waals surface area contributed by atoms with Gasteiger partial charge in [0, 0.05) is 18.6 Å². The molecule has 0 radical (unpaired) electrons. The number of sulfonamides is 1. The lowest BCUT2D eigenvalue weighted by molar-refractivity contribution is 0.204. The monoisotopic (exact) mass is 296 g/mol. The van der Waals surface area contributed by atoms with Gasteiger partial charge in [0.15, 0.2) is 0 Å². The molecule has 0 unspecified atom stereocenters. The first kappa shape index (κ1) is 15.5. The molecule has 0 amide bonds. The summed E-state index contributed by atoms with van der Waals surface area (Å²) < 4.78 is 27.4. The van der Waals surface area contributed by atoms with Crippen molar-refractivity contribution >= 4 is 10.0 Å². The van der Waals surface area contributed by atoms with Gasteiger partial charge in [-0.05, 0) is 56.9 Å². The summed E-state index contributed by atoms with van der Waals surface area (Å²) in [6.45, 7) is 6.29. The Balaban J connectivity index is 2.43. The standard InChI is InChI=1S/C15H24N2O2S/c1-11-7-8-15(9-14(11)10-16)20(18,19)17-12(2)5-4-6-13(17)3/h7-9,12-13H,4-6,10,16H2,1-3H3/t12-,13+. The van der Waals surface area contributed by atoms with Gasteiger partial charge in [0.25, 0.3) is 0 Å². The highest BCUT2D eigenvalue weighted by Crippen LogP contribution is 2.30. The van der Waals surface area contributed by atoms with Crippen LogP contribution in [-0.4, -0.2) is 24.8 Å². The Morgan fingerprint density at radius 1 is 1.25 bits per heavy atom. The average molecular weight is 296 g/mol. The highest BCUT2D eigenvalue weighted by molar-refractivity contribution is 7.89. The molecule has 0 saturated carbocycles. The second-order valence-corrected chi connectivity index (χ2v) is 7.60. The van der Waals surface area contributed by atoms with Crippen LogP contribution < -0.4 is 5.73 Å². The molecule has 2 atom stereocenters. The van der Waals surface area contributed by atoms with E-state index in [0.29, 0.717) is 11.4 Å². The van der Waals surface area contributed by atoms with Gasteiger partial charge in [-0.3, -0.25) is 0 Å². The van der Waals surface area contributed by atoms with Crippen molar-refractivity contribution in [3.05, 3.63) is 29.3 Å². The lowest BCUT2D eigenvalue weighted by atomic mass is 10.0. The predicted molar refractivity (Wildman–Crippen MR) is 80.9 cm³/mol. The van der Waals surface area contributed by atoms with Crippen LogP contribution >= 0.6 is 0 Å². The molecule has 1 aliphatic heterocycles. The number of aryl methyl sites for hydroxylation is 1. The van der Waals surface area contributed by atoms with Crippen LogP contribution in [0, 0.1) is 6.92 Å². The minimum atomic E-state index is -3.43. The van der Waals surface area contributed by atoms with Crippen LogP contribution in [0.2, 0.25) is 0 Å². The van der Waals surface area contributed by atoms with Crippen LogP contribution in [0.1, 0.15) is 44.2 Å². The van der Waals surface area contributed by atoms with E-state index in [2.05, 4.69) is 0 Å². The van der Waals surface area contributed by atoms with E-state index < -0.39 is 10.0 Å². The molecule has 1 heterocycles. The maximum Gasteiger partial charge on any atom is 0.243 e. The molecule has 0 aliphatic carbocycles. The van der Waals surface area contributed by atoms with Gasteiger partial charge in [-0.2, -0.15) is 4.31 Å². The fourth-order valence-electron chi connectivity index (χ4n) is 3.02. The Bertz CT molecular complexity index is 574. The summed E-state index contributed by atoms with van der Waals surface area (Å²) in [6.07, 6.45) is 2.95. The van der Waals surface area contributed by atoms with Crippen molar-refractivity contribution < 1.29 is 8.42 Å². The molecule has 2 N–H and O–H groups in total. The normalized spacial score (nSPS) is 24.8. The van der Waals surface area contributed by atoms with Gasteiger partial charge in [0.05, 0.1) is 4.90 Å². The molecule has 1 fully saturated rings. The second-order valence-electron chi connectivity index (χ2n) is 5.76. The third kappa shape index (κ3) is 2.75. The molecule has 2 rings (SSSR count). The molecule has 0 spiro atoms. The molecular formula is C15H24N2O2S. The first-order valence-corrected chi connectivity index (χ1v) is 8.65. The number of hydrogen-bond acceptors (Lipinski definition) is 3. The molecule has 0 aromatic heterocycles. The van der Waals surface area contributed by atoms with Gasteiger partial charge < -0.3 is 5.73 Å². The van der Waals surface area contributed by atoms with Crippen molar-refractivity contribution in [2.45, 2.75) is 63.6 Å². The Morgan fingerprint density at radius 2 is 1.85 bits per heavy atom. The van der Waals surface area contributed by atoms with E-state index in [0.717, 1.165) is 30.4 Å². The van der Waals surface area contributed by atoms with E-state index in [-0.39, 0.29) is 12.1 Å². The average Bonchev–Trinajstić information content (AvgIpc) is 2.38. The van der Waals surface area contributed by atoms with Gasteiger partial charge in [0.1, 0.15) is 0 Å². The molecule has 1 aliphatic rings. The van der Waals surface area contributed by atoms with E-state index in [1.54, 1.807) is 16.4 Å². The summed E-state index contributed by atoms with van der Waals surface area (Å²) in [5.41, 5.74) is 7.61. The van der Waals surface area contributed by atoms with Gasteiger partial charge in [0.2, 0.25) is 10.0 Å². The highest BCUT2D eigenvalue weighted by Gasteiger charge is 2.35. The van der Waals surface area contributed by atoms with E-state index in [1.807, 2.05) is 26.8 Å². The van der Waals surface area contributed by atoms with Crippen molar-refractivity contribution in [2.75, 3.05) is 0 Å². The van der Waals surface area contributed by atoms with Crippen molar-refractivity contribution in [1.29, 1.82) is 0 Å². The number of nitrogens with two attached hydrogens (primary N) is 1. The Morgan fingerprint density at radius 3 is 2.40 bits per heavy atom. The zero-order chi connectivity index (χ0) is 14.9. The molecule has 1 aromatic rings. The zero-order valence-corrected chi connectivity index (χ0v) is 13.3. The lowest BCUT2D eigenvalue weighted by Gasteiger charge is -2.37. The van der Waals surface area contributed by atoms with Crippen LogP contribution in [0.15, 0.2) is 23.1 Å². The number of nitrogens with zero attached hydrogens (tertiary/aromatic N) is 1. The molecule has 5 heteroatoms. The Kier molecular flexibility index (Phi) is 4.52. The Hall–Kier alpha value is -0.910. The summed E-state index contributed by atoms with van der Waals surface area (Å²) in [5.74, 6) is 0. The maximum absolute atomic E-state index is 12.9. The minimum absolute atomic E-state index is 0.0615. The van der Waals surface area contributed by atoms with Crippen molar-refractivity contribution in [3.63, 3.8) is 0 Å². The third-order valence-electron chi connectivity index (χ3n) is 4.23. The summed E-state index contributed by atoms with van der Waals surface area (Å²) in [4.78, 5) is 0.365. The summed E-state index contributed by atoms with van der Waals surface area (Å²) in [6, 6.07) is 5.38. The maximum atomic E-state index is 12.9. The fraction of sp³-hybridized carbons (Fsp3) is 0.600. The minimum Gasteiger partial charge on any atom is -0.326 e. The van der Waals surface area contributed by atoms with Crippen LogP contribution in [0.4, 0.5) is 0 Å². The molecule has 112 valence electrons. The first-order valence-electron chi connectivity index (χ1n) is 7.21. The molecule has 4 nitrogen and oxygen atoms in total. The second kappa shape index (κ2) is 5.84. The quantitative estimate of drug-likeness (QED) is 0.931. The van der Waals surface area contributed by atoms with E-state index in [4.69, 9.17) is 5.73 Å². The van der Waals surface area contributed by atoms with Crippen LogP contribution in [0.3, 0.4) is 0 Å². The Labute approximate surface area is 122 Å². The van der Waals surface area contributed by atoms with Gasteiger partial charge >= 0.3 is 0 Å². The van der Waals surface area contributed by atoms with Gasteiger partial charge in [-0.1, -0.05) is 12.5 Å². The summed E-state index contributed by atoms with van der Waals surface area (Å²) in [5, 5.41) is 0. The highest BCUT2D eigenvalue weighted by atomic mass is 32.2. The summed E-state index contributed by atoms with van der Waals surface area (Å²) in [7, 11) is -3.43. The summed E-state index contributed by atoms with van der Waals surface area (Å²) >= 11 is 0. The number of piperidine rings is 1. The number of benzene rings is 1.